The molecule has 0 N–H and O–H groups in total. The second kappa shape index (κ2) is 2.52. The van der Waals surface area contributed by atoms with Crippen LogP contribution in [0.3, 0.4) is 0 Å². The summed E-state index contributed by atoms with van der Waals surface area (Å²) in [5, 5.41) is 0. The third-order valence-electron chi connectivity index (χ3n) is 6.52. The predicted octanol–water partition coefficient (Wildman–Crippen LogP) is 3.69. The standard InChI is InChI=1S/C15H21.Rf/c1-8-11-7-12(15(8,2)3)14-10-5-4-9(6-10)13(11)14;/h4-5,9-14H,6-7H2,1-3H3;/q-1;. The van der Waals surface area contributed by atoms with E-state index in [1.165, 1.54) is 12.8 Å². The maximum atomic E-state index is 2.54. The fourth-order valence-electron chi connectivity index (χ4n) is 5.63. The van der Waals surface area contributed by atoms with E-state index in [0.717, 1.165) is 35.5 Å². The Balaban J connectivity index is 0.000000810. The minimum absolute atomic E-state index is 0. The summed E-state index contributed by atoms with van der Waals surface area (Å²) in [6.07, 6.45) is 8.08. The Morgan fingerprint density at radius 3 is 2.38 bits per heavy atom. The van der Waals surface area contributed by atoms with Gasteiger partial charge in [0.2, 0.25) is 0 Å². The number of hydrogen-bond donors (Lipinski definition) is 0. The molecule has 0 radical (unpaired) electrons. The number of rotatable bonds is 0. The van der Waals surface area contributed by atoms with Gasteiger partial charge < -0.3 is 5.92 Å². The molecular formula is C15H21Rf-. The van der Waals surface area contributed by atoms with Crippen molar-refractivity contribution in [2.45, 2.75) is 33.6 Å². The predicted molar refractivity (Wildman–Crippen MR) is 62.0 cm³/mol. The third-order valence-corrected chi connectivity index (χ3v) is 6.52. The Hall–Kier alpha value is -1.26. The van der Waals surface area contributed by atoms with Crippen molar-refractivity contribution >= 4 is 0 Å². The van der Waals surface area contributed by atoms with Gasteiger partial charge >= 0.3 is 0 Å². The van der Waals surface area contributed by atoms with E-state index in [1.807, 2.05) is 5.92 Å². The summed E-state index contributed by atoms with van der Waals surface area (Å²) in [6, 6.07) is 0. The molecule has 0 spiro atoms. The Bertz CT molecular complexity index is 343. The quantitative estimate of drug-likeness (QED) is 0.289. The van der Waals surface area contributed by atoms with Crippen molar-refractivity contribution in [3.63, 3.8) is 0 Å². The summed E-state index contributed by atoms with van der Waals surface area (Å²) in [6.45, 7) is 7.44. The Labute approximate surface area is 93.1 Å². The van der Waals surface area contributed by atoms with Crippen LogP contribution >= 0.6 is 0 Å². The van der Waals surface area contributed by atoms with E-state index in [1.54, 1.807) is 0 Å². The first-order valence-electron chi connectivity index (χ1n) is 6.63. The minimum Gasteiger partial charge on any atom is -0.307 e. The molecule has 6 atom stereocenters. The Kier molecular flexibility index (Phi) is 1.56. The van der Waals surface area contributed by atoms with Crippen LogP contribution < -0.4 is 0 Å². The van der Waals surface area contributed by atoms with Crippen LogP contribution in [-0.4, -0.2) is 0 Å². The summed E-state index contributed by atoms with van der Waals surface area (Å²) in [4.78, 5) is 0. The summed E-state index contributed by atoms with van der Waals surface area (Å²) in [5.74, 6) is 7.85. The molecule has 0 nitrogen and oxygen atoms in total. The van der Waals surface area contributed by atoms with Crippen LogP contribution in [0, 0.1) is 46.8 Å². The van der Waals surface area contributed by atoms with Gasteiger partial charge in [-0.3, -0.25) is 0 Å². The molecule has 3 fully saturated rings. The normalized spacial score (nSPS) is 55.4. The molecule has 0 aliphatic heterocycles. The van der Waals surface area contributed by atoms with Crippen molar-refractivity contribution in [2.24, 2.45) is 40.9 Å². The average molecular weight is 468 g/mol. The van der Waals surface area contributed by atoms with Gasteiger partial charge in [0.15, 0.2) is 0 Å². The first kappa shape index (κ1) is 9.93. The van der Waals surface area contributed by atoms with E-state index in [2.05, 4.69) is 32.9 Å². The average Bonchev–Trinajstić information content (AvgIpc) is 2.88. The van der Waals surface area contributed by atoms with E-state index >= 15 is 0 Å². The maximum Gasteiger partial charge on any atom is 0 e. The fourth-order valence-corrected chi connectivity index (χ4v) is 5.63. The van der Waals surface area contributed by atoms with E-state index in [0.29, 0.717) is 5.41 Å². The number of allylic oxidation sites excluding steroid dienone is 2. The number of hydrogen-bond acceptors (Lipinski definition) is 0. The van der Waals surface area contributed by atoms with Crippen LogP contribution in [0.2, 0.25) is 0 Å². The summed E-state index contributed by atoms with van der Waals surface area (Å²) >= 11 is 0. The van der Waals surface area contributed by atoms with Crippen molar-refractivity contribution in [3.8, 4) is 0 Å². The monoisotopic (exact) mass is 468 g/mol. The van der Waals surface area contributed by atoms with Gasteiger partial charge in [-0.05, 0) is 24.2 Å². The van der Waals surface area contributed by atoms with Crippen LogP contribution in [0.4, 0.5) is 0 Å². The van der Waals surface area contributed by atoms with Gasteiger partial charge in [0.25, 0.3) is 0 Å². The molecule has 0 aromatic heterocycles. The van der Waals surface area contributed by atoms with Crippen LogP contribution in [-0.2, 0) is 0 Å². The third kappa shape index (κ3) is 0.770. The Morgan fingerprint density at radius 2 is 1.69 bits per heavy atom. The van der Waals surface area contributed by atoms with Gasteiger partial charge in [-0.2, -0.15) is 18.3 Å². The molecule has 1 heteroatoms. The van der Waals surface area contributed by atoms with Crippen molar-refractivity contribution in [1.82, 2.24) is 0 Å². The smallest absolute Gasteiger partial charge is 0 e. The van der Waals surface area contributed by atoms with Crippen LogP contribution in [0.15, 0.2) is 12.2 Å². The molecule has 84 valence electrons. The minimum atomic E-state index is 0. The van der Waals surface area contributed by atoms with Crippen molar-refractivity contribution in [1.29, 1.82) is 0 Å². The SMILES string of the molecule is C[C-]1C2CC(C3C4C=CC(C4)C23)C1(C)C.[Rf]. The zero-order valence-electron chi connectivity index (χ0n) is 10.7. The van der Waals surface area contributed by atoms with Gasteiger partial charge in [-0.15, -0.1) is 0 Å². The molecule has 4 rings (SSSR count). The van der Waals surface area contributed by atoms with Crippen LogP contribution in [0.25, 0.3) is 0 Å². The van der Waals surface area contributed by atoms with E-state index in [-0.39, 0.29) is 0 Å². The fraction of sp³-hybridized carbons (Fsp3) is 0.800. The van der Waals surface area contributed by atoms with E-state index in [4.69, 9.17) is 0 Å². The zero-order chi connectivity index (χ0) is 10.4. The van der Waals surface area contributed by atoms with Gasteiger partial charge in [-0.1, -0.05) is 44.3 Å². The molecule has 4 aliphatic rings. The van der Waals surface area contributed by atoms with Gasteiger partial charge in [0, 0.05) is 0 Å². The van der Waals surface area contributed by atoms with E-state index < -0.39 is 0 Å². The molecule has 0 heterocycles. The summed E-state index contributed by atoms with van der Waals surface area (Å²) < 4.78 is 0. The largest absolute Gasteiger partial charge is 0.307 e. The molecule has 0 amide bonds. The van der Waals surface area contributed by atoms with Gasteiger partial charge in [0.1, 0.15) is 0 Å². The number of fused-ring (bicyclic) bond motifs is 9. The molecule has 0 aromatic rings. The van der Waals surface area contributed by atoms with Gasteiger partial charge in [0.05, 0.1) is 0 Å². The molecular weight excluding hydrogens is 447 g/mol. The van der Waals surface area contributed by atoms with E-state index in [9.17, 15) is 0 Å². The van der Waals surface area contributed by atoms with Crippen LogP contribution in [0.1, 0.15) is 33.6 Å². The van der Waals surface area contributed by atoms with Crippen molar-refractivity contribution in [3.05, 3.63) is 18.1 Å². The first-order valence-corrected chi connectivity index (χ1v) is 6.63. The second-order valence-corrected chi connectivity index (χ2v) is 6.96. The summed E-state index contributed by atoms with van der Waals surface area (Å²) in [5.41, 5.74) is 0.546. The van der Waals surface area contributed by atoms with Crippen molar-refractivity contribution < 1.29 is 0 Å². The maximum absolute atomic E-state index is 2.54. The Morgan fingerprint density at radius 1 is 1.06 bits per heavy atom. The van der Waals surface area contributed by atoms with Gasteiger partial charge in [-0.25, -0.2) is 0 Å². The topological polar surface area (TPSA) is 0 Å². The molecule has 3 saturated carbocycles. The second-order valence-electron chi connectivity index (χ2n) is 6.96. The molecule has 16 heavy (non-hydrogen) atoms. The molecule has 0 saturated heterocycles. The zero-order valence-corrected chi connectivity index (χ0v) is 17.1. The molecule has 0 aromatic carbocycles. The first-order chi connectivity index (χ1) is 7.10. The van der Waals surface area contributed by atoms with Crippen molar-refractivity contribution in [2.75, 3.05) is 0 Å². The molecule has 4 bridgehead atoms. The van der Waals surface area contributed by atoms with Crippen LogP contribution in [0.5, 0.6) is 0 Å². The molecule has 4 aliphatic carbocycles. The molecule has 6 unspecified atom stereocenters. The summed E-state index contributed by atoms with van der Waals surface area (Å²) in [7, 11) is 0.